The first-order valence-corrected chi connectivity index (χ1v) is 8.58. The largest absolute Gasteiger partial charge is 0.456 e. The van der Waals surface area contributed by atoms with Crippen molar-refractivity contribution in [2.24, 2.45) is 17.8 Å². The lowest BCUT2D eigenvalue weighted by Crippen LogP contribution is -2.23. The summed E-state index contributed by atoms with van der Waals surface area (Å²) in [4.78, 5) is 23.9. The van der Waals surface area contributed by atoms with Crippen LogP contribution in [0.5, 0.6) is 0 Å². The predicted octanol–water partition coefficient (Wildman–Crippen LogP) is 3.52. The number of hydrogen-bond acceptors (Lipinski definition) is 4. The molecule has 2 aliphatic rings. The molecule has 3 atom stereocenters. The van der Waals surface area contributed by atoms with Crippen molar-refractivity contribution in [3.8, 4) is 6.07 Å². The molecule has 0 heterocycles. The fraction of sp³-hybridized carbons (Fsp3) is 0.500. The molecule has 1 aromatic carbocycles. The zero-order valence-corrected chi connectivity index (χ0v) is 14.0. The number of anilines is 1. The molecule has 2 aliphatic carbocycles. The third kappa shape index (κ3) is 3.88. The maximum Gasteiger partial charge on any atom is 0.306 e. The number of nitrogens with one attached hydrogen (secondary N) is 1. The highest BCUT2D eigenvalue weighted by Gasteiger charge is 2.40. The summed E-state index contributed by atoms with van der Waals surface area (Å²) in [6, 6.07) is 6.57. The summed E-state index contributed by atoms with van der Waals surface area (Å²) < 4.78 is 5.08. The highest BCUT2D eigenvalue weighted by Crippen LogP contribution is 2.49. The number of hydrogen-bond donors (Lipinski definition) is 1. The van der Waals surface area contributed by atoms with Gasteiger partial charge in [-0.1, -0.05) is 18.0 Å². The molecule has 0 spiro atoms. The molecule has 0 radical (unpaired) electrons. The lowest BCUT2D eigenvalue weighted by molar-refractivity contribution is -0.148. The van der Waals surface area contributed by atoms with Crippen LogP contribution in [-0.2, 0) is 14.3 Å². The van der Waals surface area contributed by atoms with Crippen molar-refractivity contribution in [2.45, 2.75) is 32.1 Å². The second-order valence-electron chi connectivity index (χ2n) is 6.65. The Balaban J connectivity index is 1.46. The van der Waals surface area contributed by atoms with Crippen LogP contribution in [0.25, 0.3) is 0 Å². The number of benzene rings is 1. The molecule has 1 N–H and O–H groups in total. The van der Waals surface area contributed by atoms with E-state index in [4.69, 9.17) is 21.6 Å². The van der Waals surface area contributed by atoms with E-state index < -0.39 is 5.91 Å². The molecule has 5 nitrogen and oxygen atoms in total. The predicted molar refractivity (Wildman–Crippen MR) is 89.3 cm³/mol. The van der Waals surface area contributed by atoms with Gasteiger partial charge in [0.2, 0.25) is 0 Å². The minimum Gasteiger partial charge on any atom is -0.456 e. The molecule has 126 valence electrons. The van der Waals surface area contributed by atoms with Crippen LogP contribution in [0.2, 0.25) is 5.02 Å². The Morgan fingerprint density at radius 1 is 1.33 bits per heavy atom. The van der Waals surface area contributed by atoms with Crippen LogP contribution in [0.15, 0.2) is 18.2 Å². The first-order valence-electron chi connectivity index (χ1n) is 8.20. The summed E-state index contributed by atoms with van der Waals surface area (Å²) in [6.45, 7) is -0.350. The van der Waals surface area contributed by atoms with Gasteiger partial charge in [0, 0.05) is 11.4 Å². The average molecular weight is 347 g/mol. The van der Waals surface area contributed by atoms with E-state index in [2.05, 4.69) is 5.32 Å². The maximum absolute atomic E-state index is 11.9. The molecule has 2 saturated carbocycles. The van der Waals surface area contributed by atoms with Gasteiger partial charge in [-0.3, -0.25) is 9.59 Å². The van der Waals surface area contributed by atoms with Crippen molar-refractivity contribution in [2.75, 3.05) is 11.9 Å². The van der Waals surface area contributed by atoms with E-state index >= 15 is 0 Å². The van der Waals surface area contributed by atoms with E-state index in [1.807, 2.05) is 6.07 Å². The van der Waals surface area contributed by atoms with Gasteiger partial charge >= 0.3 is 5.97 Å². The molecule has 6 heteroatoms. The van der Waals surface area contributed by atoms with Crippen molar-refractivity contribution in [1.29, 1.82) is 5.26 Å². The summed E-state index contributed by atoms with van der Waals surface area (Å²) in [5, 5.41) is 12.0. The normalized spacial score (nSPS) is 24.4. The van der Waals surface area contributed by atoms with E-state index in [1.165, 1.54) is 31.4 Å². The Hall–Kier alpha value is -2.06. The summed E-state index contributed by atoms with van der Waals surface area (Å²) in [5.41, 5.74) is 0.625. The molecule has 1 amide bonds. The molecule has 0 aromatic heterocycles. The Kier molecular flexibility index (Phi) is 5.06. The lowest BCUT2D eigenvalue weighted by Gasteiger charge is -2.20. The van der Waals surface area contributed by atoms with E-state index in [1.54, 1.807) is 6.07 Å². The van der Waals surface area contributed by atoms with Crippen molar-refractivity contribution < 1.29 is 14.3 Å². The summed E-state index contributed by atoms with van der Waals surface area (Å²) in [7, 11) is 0. The molecule has 0 saturated heterocycles. The smallest absolute Gasteiger partial charge is 0.306 e. The zero-order valence-electron chi connectivity index (χ0n) is 13.3. The summed E-state index contributed by atoms with van der Waals surface area (Å²) in [6.07, 6.45) is 5.26. The van der Waals surface area contributed by atoms with Crippen LogP contribution in [0.1, 0.15) is 37.7 Å². The number of carbonyl (C=O) groups is 2. The fourth-order valence-corrected chi connectivity index (χ4v) is 4.12. The number of esters is 1. The van der Waals surface area contributed by atoms with Gasteiger partial charge in [0.15, 0.2) is 6.61 Å². The van der Waals surface area contributed by atoms with Crippen LogP contribution in [0.4, 0.5) is 5.69 Å². The van der Waals surface area contributed by atoms with E-state index in [9.17, 15) is 9.59 Å². The van der Waals surface area contributed by atoms with Gasteiger partial charge in [0.25, 0.3) is 5.91 Å². The summed E-state index contributed by atoms with van der Waals surface area (Å²) >= 11 is 5.86. The van der Waals surface area contributed by atoms with Gasteiger partial charge in [-0.15, -0.1) is 0 Å². The number of carbonyl (C=O) groups excluding carboxylic acids is 2. The highest BCUT2D eigenvalue weighted by atomic mass is 35.5. The van der Waals surface area contributed by atoms with Crippen molar-refractivity contribution >= 4 is 29.2 Å². The topological polar surface area (TPSA) is 79.2 Å². The number of nitriles is 1. The van der Waals surface area contributed by atoms with Crippen LogP contribution in [0.3, 0.4) is 0 Å². The SMILES string of the molecule is N#Cc1ccc(Cl)cc1NC(=O)COC(=O)C[C@@H]1C[C@H]2CC[C@H]1C2. The fourth-order valence-electron chi connectivity index (χ4n) is 3.95. The quantitative estimate of drug-likeness (QED) is 0.827. The highest BCUT2D eigenvalue weighted by molar-refractivity contribution is 6.31. The molecular weight excluding hydrogens is 328 g/mol. The third-order valence-corrected chi connectivity index (χ3v) is 5.29. The molecule has 2 bridgehead atoms. The Morgan fingerprint density at radius 3 is 2.83 bits per heavy atom. The van der Waals surface area contributed by atoms with Crippen LogP contribution in [0, 0.1) is 29.1 Å². The van der Waals surface area contributed by atoms with E-state index in [-0.39, 0.29) is 12.6 Å². The monoisotopic (exact) mass is 346 g/mol. The average Bonchev–Trinajstić information content (AvgIpc) is 3.16. The van der Waals surface area contributed by atoms with Gasteiger partial charge in [-0.2, -0.15) is 5.26 Å². The minimum absolute atomic E-state index is 0.307. The molecule has 2 fully saturated rings. The lowest BCUT2D eigenvalue weighted by atomic mass is 9.86. The van der Waals surface area contributed by atoms with Gasteiger partial charge in [0.1, 0.15) is 6.07 Å². The molecule has 3 rings (SSSR count). The number of rotatable bonds is 5. The van der Waals surface area contributed by atoms with Gasteiger partial charge in [-0.25, -0.2) is 0 Å². The second-order valence-corrected chi connectivity index (χ2v) is 7.09. The number of fused-ring (bicyclic) bond motifs is 2. The van der Waals surface area contributed by atoms with Crippen molar-refractivity contribution in [1.82, 2.24) is 0 Å². The number of nitrogens with zero attached hydrogens (tertiary/aromatic N) is 1. The van der Waals surface area contributed by atoms with Gasteiger partial charge in [0.05, 0.1) is 11.3 Å². The standard InChI is InChI=1S/C18H19ClN2O3/c19-15-4-3-13(9-20)16(8-15)21-17(22)10-24-18(23)7-14-6-11-1-2-12(14)5-11/h3-4,8,11-12,14H,1-2,5-7,10H2,(H,21,22)/t11-,12-,14-/m0/s1. The second kappa shape index (κ2) is 7.23. The van der Waals surface area contributed by atoms with E-state index in [0.29, 0.717) is 34.5 Å². The van der Waals surface area contributed by atoms with Gasteiger partial charge in [-0.05, 0) is 55.2 Å². The Labute approximate surface area is 145 Å². The van der Waals surface area contributed by atoms with Gasteiger partial charge < -0.3 is 10.1 Å². The Bertz CT molecular complexity index is 698. The molecule has 1 aromatic rings. The number of ether oxygens (including phenoxy) is 1. The van der Waals surface area contributed by atoms with Crippen LogP contribution in [-0.4, -0.2) is 18.5 Å². The zero-order chi connectivity index (χ0) is 17.1. The maximum atomic E-state index is 11.9. The molecule has 0 unspecified atom stereocenters. The molecule has 0 aliphatic heterocycles. The molecule has 24 heavy (non-hydrogen) atoms. The summed E-state index contributed by atoms with van der Waals surface area (Å²) in [5.74, 6) is 1.05. The van der Waals surface area contributed by atoms with E-state index in [0.717, 1.165) is 12.3 Å². The van der Waals surface area contributed by atoms with Crippen LogP contribution >= 0.6 is 11.6 Å². The number of halogens is 1. The van der Waals surface area contributed by atoms with Crippen molar-refractivity contribution in [3.63, 3.8) is 0 Å². The first kappa shape index (κ1) is 16.8. The Morgan fingerprint density at radius 2 is 2.17 bits per heavy atom. The van der Waals surface area contributed by atoms with Crippen molar-refractivity contribution in [3.05, 3.63) is 28.8 Å². The minimum atomic E-state index is -0.477. The number of amides is 1. The molecular formula is C18H19ClN2O3. The van der Waals surface area contributed by atoms with Crippen LogP contribution < -0.4 is 5.32 Å². The first-order chi connectivity index (χ1) is 11.5. The third-order valence-electron chi connectivity index (χ3n) is 5.05.